The molecule has 1 heterocycles. The molecule has 100 valence electrons. The van der Waals surface area contributed by atoms with Crippen LogP contribution in [-0.2, 0) is 0 Å². The first-order chi connectivity index (χ1) is 8.82. The Morgan fingerprint density at radius 1 is 1.26 bits per heavy atom. The predicted molar refractivity (Wildman–Crippen MR) is 59.2 cm³/mol. The number of nitro groups is 1. The zero-order chi connectivity index (χ0) is 14.3. The molecular weight excluding hydrogens is 265 g/mol. The Balaban J connectivity index is 2.70. The Morgan fingerprint density at radius 3 is 2.37 bits per heavy atom. The molecule has 19 heavy (non-hydrogen) atoms. The van der Waals surface area contributed by atoms with E-state index < -0.39 is 39.6 Å². The Kier molecular flexibility index (Phi) is 2.89. The van der Waals surface area contributed by atoms with Gasteiger partial charge >= 0.3 is 5.69 Å². The van der Waals surface area contributed by atoms with Gasteiger partial charge in [0.05, 0.1) is 4.92 Å². The number of aryl methyl sites for hydroxylation is 1. The zero-order valence-corrected chi connectivity index (χ0v) is 9.52. The first kappa shape index (κ1) is 12.9. The van der Waals surface area contributed by atoms with Crippen LogP contribution in [0.4, 0.5) is 24.7 Å². The van der Waals surface area contributed by atoms with Gasteiger partial charge in [0.2, 0.25) is 5.82 Å². The van der Waals surface area contributed by atoms with Crippen molar-refractivity contribution in [2.24, 2.45) is 0 Å². The van der Waals surface area contributed by atoms with Crippen molar-refractivity contribution in [3.8, 4) is 5.69 Å². The number of hydrogen-bond donors (Lipinski definition) is 1. The molecule has 1 aromatic heterocycles. The highest BCUT2D eigenvalue weighted by Gasteiger charge is 2.25. The number of aromatic nitrogens is 2. The highest BCUT2D eigenvalue weighted by Crippen LogP contribution is 2.29. The van der Waals surface area contributed by atoms with Crippen LogP contribution in [0.3, 0.4) is 0 Å². The van der Waals surface area contributed by atoms with Crippen molar-refractivity contribution < 1.29 is 18.1 Å². The van der Waals surface area contributed by atoms with Gasteiger partial charge in [0.15, 0.2) is 17.5 Å². The van der Waals surface area contributed by atoms with Gasteiger partial charge in [-0.25, -0.2) is 17.9 Å². The van der Waals surface area contributed by atoms with E-state index in [-0.39, 0.29) is 5.69 Å². The molecule has 0 fully saturated rings. The normalized spacial score (nSPS) is 10.7. The summed E-state index contributed by atoms with van der Waals surface area (Å²) < 4.78 is 40.1. The third kappa shape index (κ3) is 1.98. The number of anilines is 1. The summed E-state index contributed by atoms with van der Waals surface area (Å²) >= 11 is 0. The van der Waals surface area contributed by atoms with Gasteiger partial charge in [0, 0.05) is 12.1 Å². The summed E-state index contributed by atoms with van der Waals surface area (Å²) in [5.74, 6) is -4.29. The van der Waals surface area contributed by atoms with Gasteiger partial charge in [0.25, 0.3) is 0 Å². The van der Waals surface area contributed by atoms with Crippen molar-refractivity contribution >= 4 is 11.5 Å². The molecule has 0 aliphatic carbocycles. The largest absolute Gasteiger partial charge is 0.378 e. The van der Waals surface area contributed by atoms with Gasteiger partial charge in [0.1, 0.15) is 11.4 Å². The molecule has 0 unspecified atom stereocenters. The summed E-state index contributed by atoms with van der Waals surface area (Å²) in [6.45, 7) is 1.29. The van der Waals surface area contributed by atoms with Crippen LogP contribution >= 0.6 is 0 Å². The molecule has 0 aliphatic rings. The smallest absolute Gasteiger partial charge is 0.333 e. The molecule has 0 atom stereocenters. The molecule has 1 aromatic carbocycles. The molecule has 0 bridgehead atoms. The molecule has 0 saturated carbocycles. The molecule has 2 N–H and O–H groups in total. The lowest BCUT2D eigenvalue weighted by Crippen LogP contribution is -2.06. The lowest BCUT2D eigenvalue weighted by atomic mass is 10.3. The summed E-state index contributed by atoms with van der Waals surface area (Å²) in [5.41, 5.74) is 4.39. The fourth-order valence-corrected chi connectivity index (χ4v) is 1.62. The van der Waals surface area contributed by atoms with E-state index in [1.54, 1.807) is 0 Å². The molecule has 6 nitrogen and oxygen atoms in total. The van der Waals surface area contributed by atoms with E-state index in [0.717, 1.165) is 0 Å². The summed E-state index contributed by atoms with van der Waals surface area (Å²) in [5, 5.41) is 14.4. The van der Waals surface area contributed by atoms with Crippen LogP contribution in [0, 0.1) is 34.5 Å². The van der Waals surface area contributed by atoms with Crippen LogP contribution < -0.4 is 5.73 Å². The van der Waals surface area contributed by atoms with E-state index in [1.165, 1.54) is 6.92 Å². The Hall–Kier alpha value is -2.58. The van der Waals surface area contributed by atoms with Gasteiger partial charge in [-0.3, -0.25) is 10.1 Å². The molecule has 0 spiro atoms. The maximum absolute atomic E-state index is 13.5. The highest BCUT2D eigenvalue weighted by atomic mass is 19.2. The van der Waals surface area contributed by atoms with Crippen LogP contribution in [-0.4, -0.2) is 14.7 Å². The summed E-state index contributed by atoms with van der Waals surface area (Å²) in [4.78, 5) is 9.95. The average Bonchev–Trinajstić information content (AvgIpc) is 2.59. The molecule has 2 rings (SSSR count). The molecule has 0 saturated heterocycles. The summed E-state index contributed by atoms with van der Waals surface area (Å²) in [7, 11) is 0. The van der Waals surface area contributed by atoms with Gasteiger partial charge in [-0.1, -0.05) is 0 Å². The lowest BCUT2D eigenvalue weighted by Gasteiger charge is -2.05. The third-order valence-corrected chi connectivity index (χ3v) is 2.46. The zero-order valence-electron chi connectivity index (χ0n) is 9.52. The van der Waals surface area contributed by atoms with Crippen molar-refractivity contribution in [3.63, 3.8) is 0 Å². The standard InChI is InChI=1S/C10H7F3N4O2/c1-4-9(17(18)19)10(14)16(15-4)8-3-6(12)5(11)2-7(8)13/h2-3H,14H2,1H3. The lowest BCUT2D eigenvalue weighted by molar-refractivity contribution is -0.384. The molecular formula is C10H7F3N4O2. The maximum Gasteiger partial charge on any atom is 0.333 e. The molecule has 0 aliphatic heterocycles. The number of nitrogen functional groups attached to an aromatic ring is 1. The second-order valence-corrected chi connectivity index (χ2v) is 3.71. The summed E-state index contributed by atoms with van der Waals surface area (Å²) in [6.07, 6.45) is 0. The van der Waals surface area contributed by atoms with E-state index in [1.807, 2.05) is 0 Å². The van der Waals surface area contributed by atoms with E-state index >= 15 is 0 Å². The average molecular weight is 272 g/mol. The Morgan fingerprint density at radius 2 is 1.84 bits per heavy atom. The van der Waals surface area contributed by atoms with Gasteiger partial charge < -0.3 is 5.73 Å². The topological polar surface area (TPSA) is 87.0 Å². The first-order valence-corrected chi connectivity index (χ1v) is 4.97. The van der Waals surface area contributed by atoms with Crippen molar-refractivity contribution in [1.29, 1.82) is 0 Å². The number of benzene rings is 1. The van der Waals surface area contributed by atoms with Gasteiger partial charge in [-0.15, -0.1) is 0 Å². The SMILES string of the molecule is Cc1nn(-c2cc(F)c(F)cc2F)c(N)c1[N+](=O)[O-]. The van der Waals surface area contributed by atoms with E-state index in [0.29, 0.717) is 16.8 Å². The van der Waals surface area contributed by atoms with Crippen molar-refractivity contribution in [3.05, 3.63) is 45.4 Å². The first-order valence-electron chi connectivity index (χ1n) is 4.97. The maximum atomic E-state index is 13.5. The highest BCUT2D eigenvalue weighted by molar-refractivity contribution is 5.60. The van der Waals surface area contributed by atoms with Crippen LogP contribution in [0.25, 0.3) is 5.69 Å². The van der Waals surface area contributed by atoms with Crippen molar-refractivity contribution in [2.75, 3.05) is 5.73 Å². The monoisotopic (exact) mass is 272 g/mol. The Bertz CT molecular complexity index is 684. The van der Waals surface area contributed by atoms with Gasteiger partial charge in [-0.2, -0.15) is 5.10 Å². The molecule has 0 amide bonds. The minimum absolute atomic E-state index is 0.0633. The van der Waals surface area contributed by atoms with Crippen LogP contribution in [0.5, 0.6) is 0 Å². The Labute approximate surface area is 104 Å². The van der Waals surface area contributed by atoms with E-state index in [9.17, 15) is 23.3 Å². The minimum atomic E-state index is -1.38. The fourth-order valence-electron chi connectivity index (χ4n) is 1.62. The molecule has 9 heteroatoms. The second-order valence-electron chi connectivity index (χ2n) is 3.71. The molecule has 2 aromatic rings. The second kappa shape index (κ2) is 4.26. The van der Waals surface area contributed by atoms with E-state index in [4.69, 9.17) is 5.73 Å². The number of hydrogen-bond acceptors (Lipinski definition) is 4. The number of nitrogens with two attached hydrogens (primary N) is 1. The third-order valence-electron chi connectivity index (χ3n) is 2.46. The van der Waals surface area contributed by atoms with Crippen LogP contribution in [0.15, 0.2) is 12.1 Å². The minimum Gasteiger partial charge on any atom is -0.378 e. The summed E-state index contributed by atoms with van der Waals surface area (Å²) in [6, 6.07) is 0.837. The number of rotatable bonds is 2. The number of nitrogens with zero attached hydrogens (tertiary/aromatic N) is 3. The predicted octanol–water partition coefficient (Wildman–Crippen LogP) is 2.09. The van der Waals surface area contributed by atoms with Crippen LogP contribution in [0.1, 0.15) is 5.69 Å². The van der Waals surface area contributed by atoms with Crippen molar-refractivity contribution in [2.45, 2.75) is 6.92 Å². The van der Waals surface area contributed by atoms with E-state index in [2.05, 4.69) is 5.10 Å². The van der Waals surface area contributed by atoms with Crippen molar-refractivity contribution in [1.82, 2.24) is 9.78 Å². The fraction of sp³-hybridized carbons (Fsp3) is 0.100. The van der Waals surface area contributed by atoms with Gasteiger partial charge in [-0.05, 0) is 6.92 Å². The number of halogens is 3. The molecule has 0 radical (unpaired) electrons. The van der Waals surface area contributed by atoms with Crippen LogP contribution in [0.2, 0.25) is 0 Å². The quantitative estimate of drug-likeness (QED) is 0.515.